The lowest BCUT2D eigenvalue weighted by Gasteiger charge is -2.09. The first-order chi connectivity index (χ1) is 12.8. The van der Waals surface area contributed by atoms with Gasteiger partial charge in [-0.15, -0.1) is 0 Å². The molecule has 0 spiro atoms. The molecular weight excluding hydrogens is 328 g/mol. The number of hydrogen-bond acceptors (Lipinski definition) is 3. The van der Waals surface area contributed by atoms with Gasteiger partial charge in [0.1, 0.15) is 11.5 Å². The number of rotatable bonds is 9. The second-order valence-electron chi connectivity index (χ2n) is 6.05. The molecule has 0 aliphatic heterocycles. The van der Waals surface area contributed by atoms with Crippen LogP contribution in [0.3, 0.4) is 0 Å². The first-order valence-corrected chi connectivity index (χ1v) is 8.84. The van der Waals surface area contributed by atoms with Gasteiger partial charge in [0.2, 0.25) is 5.91 Å². The number of amides is 1. The van der Waals surface area contributed by atoms with Crippen LogP contribution in [0.2, 0.25) is 0 Å². The molecule has 1 heterocycles. The number of hydrogen-bond donors (Lipinski definition) is 1. The number of ether oxygens (including phenoxy) is 2. The van der Waals surface area contributed by atoms with E-state index in [2.05, 4.69) is 34.3 Å². The second kappa shape index (κ2) is 8.94. The molecule has 5 heteroatoms. The Morgan fingerprint density at radius 2 is 1.81 bits per heavy atom. The average Bonchev–Trinajstić information content (AvgIpc) is 3.09. The molecule has 1 amide bonds. The monoisotopic (exact) mass is 352 g/mol. The van der Waals surface area contributed by atoms with Crippen LogP contribution in [0.15, 0.2) is 60.8 Å². The molecule has 0 bridgehead atoms. The summed E-state index contributed by atoms with van der Waals surface area (Å²) in [6, 6.07) is 17.8. The summed E-state index contributed by atoms with van der Waals surface area (Å²) in [7, 11) is 1.63. The van der Waals surface area contributed by atoms with Crippen molar-refractivity contribution in [3.63, 3.8) is 0 Å². The van der Waals surface area contributed by atoms with E-state index in [0.29, 0.717) is 26.0 Å². The van der Waals surface area contributed by atoms with Gasteiger partial charge in [-0.05, 0) is 48.2 Å². The van der Waals surface area contributed by atoms with Crippen molar-refractivity contribution in [2.75, 3.05) is 20.3 Å². The first kappa shape index (κ1) is 17.9. The lowest BCUT2D eigenvalue weighted by atomic mass is 10.2. The number of carbonyl (C=O) groups excluding carboxylic acids is 1. The third-order valence-electron chi connectivity index (χ3n) is 4.23. The second-order valence-corrected chi connectivity index (χ2v) is 6.05. The maximum absolute atomic E-state index is 11.9. The predicted molar refractivity (Wildman–Crippen MR) is 103 cm³/mol. The van der Waals surface area contributed by atoms with Gasteiger partial charge in [-0.1, -0.05) is 18.2 Å². The summed E-state index contributed by atoms with van der Waals surface area (Å²) < 4.78 is 12.9. The highest BCUT2D eigenvalue weighted by molar-refractivity contribution is 5.80. The standard InChI is InChI=1S/C21H24N2O3/c1-25-18-8-10-19(11-9-18)26-16-4-7-21(24)22-13-15-23-14-12-17-5-2-3-6-20(17)23/h2-3,5-6,8-12,14H,4,7,13,15-16H2,1H3,(H,22,24). The number of benzene rings is 2. The van der Waals surface area contributed by atoms with E-state index in [4.69, 9.17) is 9.47 Å². The number of nitrogens with zero attached hydrogens (tertiary/aromatic N) is 1. The Hall–Kier alpha value is -2.95. The van der Waals surface area contributed by atoms with Gasteiger partial charge in [0.15, 0.2) is 0 Å². The minimum absolute atomic E-state index is 0.0554. The summed E-state index contributed by atoms with van der Waals surface area (Å²) in [6.07, 6.45) is 3.20. The van der Waals surface area contributed by atoms with Crippen LogP contribution in [-0.2, 0) is 11.3 Å². The largest absolute Gasteiger partial charge is 0.497 e. The number of aromatic nitrogens is 1. The molecule has 1 aromatic heterocycles. The molecule has 3 aromatic rings. The number of methoxy groups -OCH3 is 1. The highest BCUT2D eigenvalue weighted by Gasteiger charge is 2.03. The summed E-state index contributed by atoms with van der Waals surface area (Å²) in [6.45, 7) is 1.90. The quantitative estimate of drug-likeness (QED) is 0.599. The Balaban J connectivity index is 1.33. The smallest absolute Gasteiger partial charge is 0.220 e. The highest BCUT2D eigenvalue weighted by atomic mass is 16.5. The van der Waals surface area contributed by atoms with Crippen molar-refractivity contribution in [3.05, 3.63) is 60.8 Å². The molecular formula is C21H24N2O3. The molecule has 0 radical (unpaired) electrons. The van der Waals surface area contributed by atoms with E-state index < -0.39 is 0 Å². The fourth-order valence-electron chi connectivity index (χ4n) is 2.83. The number of carbonyl (C=O) groups is 1. The molecule has 1 N–H and O–H groups in total. The zero-order valence-corrected chi connectivity index (χ0v) is 15.0. The molecule has 0 aliphatic rings. The van der Waals surface area contributed by atoms with Crippen molar-refractivity contribution in [1.29, 1.82) is 0 Å². The Morgan fingerprint density at radius 1 is 1.04 bits per heavy atom. The third-order valence-corrected chi connectivity index (χ3v) is 4.23. The molecule has 0 saturated heterocycles. The zero-order valence-electron chi connectivity index (χ0n) is 15.0. The fraction of sp³-hybridized carbons (Fsp3) is 0.286. The Morgan fingerprint density at radius 3 is 2.62 bits per heavy atom. The number of nitrogens with one attached hydrogen (secondary N) is 1. The van der Waals surface area contributed by atoms with Crippen molar-refractivity contribution in [3.8, 4) is 11.5 Å². The van der Waals surface area contributed by atoms with Crippen LogP contribution >= 0.6 is 0 Å². The van der Waals surface area contributed by atoms with Gasteiger partial charge in [0.05, 0.1) is 13.7 Å². The van der Waals surface area contributed by atoms with Crippen LogP contribution in [0.1, 0.15) is 12.8 Å². The normalized spacial score (nSPS) is 10.7. The van der Waals surface area contributed by atoms with Gasteiger partial charge in [0, 0.05) is 31.2 Å². The van der Waals surface area contributed by atoms with Crippen molar-refractivity contribution in [2.24, 2.45) is 0 Å². The highest BCUT2D eigenvalue weighted by Crippen LogP contribution is 2.17. The van der Waals surface area contributed by atoms with Gasteiger partial charge < -0.3 is 19.4 Å². The molecule has 2 aromatic carbocycles. The number of fused-ring (bicyclic) bond motifs is 1. The van der Waals surface area contributed by atoms with E-state index in [1.165, 1.54) is 10.9 Å². The summed E-state index contributed by atoms with van der Waals surface area (Å²) in [5, 5.41) is 4.18. The minimum atomic E-state index is 0.0554. The van der Waals surface area contributed by atoms with E-state index in [9.17, 15) is 4.79 Å². The lowest BCUT2D eigenvalue weighted by Crippen LogP contribution is -2.27. The van der Waals surface area contributed by atoms with Gasteiger partial charge in [0.25, 0.3) is 0 Å². The Kier molecular flexibility index (Phi) is 6.14. The van der Waals surface area contributed by atoms with Gasteiger partial charge in [-0.25, -0.2) is 0 Å². The summed E-state index contributed by atoms with van der Waals surface area (Å²) in [4.78, 5) is 11.9. The van der Waals surface area contributed by atoms with Gasteiger partial charge in [-0.3, -0.25) is 4.79 Å². The first-order valence-electron chi connectivity index (χ1n) is 8.84. The van der Waals surface area contributed by atoms with E-state index in [0.717, 1.165) is 18.0 Å². The molecule has 0 aliphatic carbocycles. The molecule has 136 valence electrons. The van der Waals surface area contributed by atoms with Crippen molar-refractivity contribution >= 4 is 16.8 Å². The molecule has 3 rings (SSSR count). The molecule has 0 unspecified atom stereocenters. The number of para-hydroxylation sites is 1. The zero-order chi connectivity index (χ0) is 18.2. The van der Waals surface area contributed by atoms with Gasteiger partial charge in [-0.2, -0.15) is 0 Å². The summed E-state index contributed by atoms with van der Waals surface area (Å²) in [5.41, 5.74) is 1.19. The summed E-state index contributed by atoms with van der Waals surface area (Å²) in [5.74, 6) is 1.64. The lowest BCUT2D eigenvalue weighted by molar-refractivity contribution is -0.121. The van der Waals surface area contributed by atoms with Crippen LogP contribution in [-0.4, -0.2) is 30.7 Å². The van der Waals surface area contributed by atoms with E-state index in [-0.39, 0.29) is 5.91 Å². The maximum Gasteiger partial charge on any atom is 0.220 e. The molecule has 0 saturated carbocycles. The predicted octanol–water partition coefficient (Wildman–Crippen LogP) is 3.63. The molecule has 26 heavy (non-hydrogen) atoms. The van der Waals surface area contributed by atoms with Crippen molar-refractivity contribution in [1.82, 2.24) is 9.88 Å². The molecule has 5 nitrogen and oxygen atoms in total. The van der Waals surface area contributed by atoms with Crippen LogP contribution in [0.5, 0.6) is 11.5 Å². The van der Waals surface area contributed by atoms with Crippen LogP contribution in [0.25, 0.3) is 10.9 Å². The third kappa shape index (κ3) is 4.79. The van der Waals surface area contributed by atoms with Gasteiger partial charge >= 0.3 is 0 Å². The van der Waals surface area contributed by atoms with Crippen molar-refractivity contribution < 1.29 is 14.3 Å². The minimum Gasteiger partial charge on any atom is -0.497 e. The SMILES string of the molecule is COc1ccc(OCCCC(=O)NCCn2ccc3ccccc32)cc1. The Labute approximate surface area is 153 Å². The maximum atomic E-state index is 11.9. The van der Waals surface area contributed by atoms with E-state index in [1.54, 1.807) is 7.11 Å². The van der Waals surface area contributed by atoms with Crippen molar-refractivity contribution in [2.45, 2.75) is 19.4 Å². The molecule has 0 atom stereocenters. The van der Waals surface area contributed by atoms with E-state index in [1.807, 2.05) is 36.4 Å². The van der Waals surface area contributed by atoms with Crippen LogP contribution < -0.4 is 14.8 Å². The van der Waals surface area contributed by atoms with E-state index >= 15 is 0 Å². The fourth-order valence-corrected chi connectivity index (χ4v) is 2.83. The van der Waals surface area contributed by atoms with Crippen LogP contribution in [0.4, 0.5) is 0 Å². The topological polar surface area (TPSA) is 52.5 Å². The van der Waals surface area contributed by atoms with Crippen LogP contribution in [0, 0.1) is 0 Å². The Bertz CT molecular complexity index is 840. The summed E-state index contributed by atoms with van der Waals surface area (Å²) >= 11 is 0. The average molecular weight is 352 g/mol. The molecule has 0 fully saturated rings.